The Morgan fingerprint density at radius 2 is 2.04 bits per heavy atom. The fourth-order valence-corrected chi connectivity index (χ4v) is 4.65. The Bertz CT molecular complexity index is 1060. The highest BCUT2D eigenvalue weighted by Crippen LogP contribution is 2.31. The number of hydrogen-bond acceptors (Lipinski definition) is 5. The first-order valence-corrected chi connectivity index (χ1v) is 10.1. The predicted octanol–water partition coefficient (Wildman–Crippen LogP) is 5.19. The van der Waals surface area contributed by atoms with E-state index in [0.717, 1.165) is 39.6 Å². The van der Waals surface area contributed by atoms with Crippen LogP contribution in [-0.2, 0) is 6.54 Å². The molecule has 1 aromatic carbocycles. The van der Waals surface area contributed by atoms with Gasteiger partial charge in [0.15, 0.2) is 0 Å². The maximum Gasteiger partial charge on any atom is 0.269 e. The molecule has 0 bridgehead atoms. The lowest BCUT2D eigenvalue weighted by Gasteiger charge is -2.08. The van der Waals surface area contributed by atoms with Gasteiger partial charge in [-0.3, -0.25) is 10.1 Å². The number of thiophene rings is 1. The summed E-state index contributed by atoms with van der Waals surface area (Å²) in [7, 11) is 0. The molecule has 0 unspecified atom stereocenters. The predicted molar refractivity (Wildman–Crippen MR) is 108 cm³/mol. The summed E-state index contributed by atoms with van der Waals surface area (Å²) in [6.45, 7) is 4.79. The highest BCUT2D eigenvalue weighted by atomic mass is 32.1. The quantitative estimate of drug-likeness (QED) is 0.516. The molecule has 0 spiro atoms. The van der Waals surface area contributed by atoms with Crippen LogP contribution in [0.1, 0.15) is 28.7 Å². The number of carbonyl (C=O) groups is 1. The Hall–Kier alpha value is -2.51. The van der Waals surface area contributed by atoms with E-state index in [0.29, 0.717) is 10.8 Å². The zero-order valence-corrected chi connectivity index (χ0v) is 16.2. The van der Waals surface area contributed by atoms with Crippen molar-refractivity contribution in [2.45, 2.75) is 26.8 Å². The lowest BCUT2D eigenvalue weighted by molar-refractivity contribution is 0.102. The van der Waals surface area contributed by atoms with Crippen LogP contribution in [0.5, 0.6) is 0 Å². The molecule has 4 rings (SSSR count). The second kappa shape index (κ2) is 7.01. The Balaban J connectivity index is 1.67. The van der Waals surface area contributed by atoms with Gasteiger partial charge in [-0.15, -0.1) is 22.7 Å². The van der Waals surface area contributed by atoms with Crippen molar-refractivity contribution >= 4 is 45.6 Å². The first-order chi connectivity index (χ1) is 12.7. The van der Waals surface area contributed by atoms with Crippen molar-refractivity contribution in [1.82, 2.24) is 14.5 Å². The second-order valence-corrected chi connectivity index (χ2v) is 7.89. The molecule has 26 heavy (non-hydrogen) atoms. The fourth-order valence-electron chi connectivity index (χ4n) is 2.89. The number of amides is 1. The summed E-state index contributed by atoms with van der Waals surface area (Å²) in [5.41, 5.74) is 2.66. The largest absolute Gasteiger partial charge is 0.310 e. The monoisotopic (exact) mass is 382 g/mol. The van der Waals surface area contributed by atoms with Gasteiger partial charge in [0.05, 0.1) is 21.6 Å². The molecule has 7 heteroatoms. The molecule has 0 aliphatic carbocycles. The molecule has 3 aromatic heterocycles. The summed E-state index contributed by atoms with van der Waals surface area (Å²) >= 11 is 3.05. The van der Waals surface area contributed by atoms with Gasteiger partial charge >= 0.3 is 0 Å². The molecular formula is C19H18N4OS2. The van der Waals surface area contributed by atoms with E-state index in [9.17, 15) is 4.79 Å². The topological polar surface area (TPSA) is 59.8 Å². The number of aromatic nitrogens is 3. The van der Waals surface area contributed by atoms with Gasteiger partial charge in [-0.25, -0.2) is 9.97 Å². The van der Waals surface area contributed by atoms with Crippen LogP contribution in [0, 0.1) is 6.92 Å². The van der Waals surface area contributed by atoms with Crippen LogP contribution in [0.3, 0.4) is 0 Å². The van der Waals surface area contributed by atoms with Crippen LogP contribution in [-0.4, -0.2) is 20.4 Å². The number of imidazole rings is 1. The Labute approximate surface area is 159 Å². The molecule has 0 radical (unpaired) electrons. The number of benzene rings is 1. The summed E-state index contributed by atoms with van der Waals surface area (Å²) in [6.07, 6.45) is 0.964. The molecule has 0 saturated heterocycles. The van der Waals surface area contributed by atoms with Crippen LogP contribution in [0.25, 0.3) is 20.9 Å². The molecule has 0 atom stereocenters. The summed E-state index contributed by atoms with van der Waals surface area (Å²) in [5.74, 6) is 0.430. The molecular weight excluding hydrogens is 364 g/mol. The third kappa shape index (κ3) is 3.04. The number of nitrogens with zero attached hydrogens (tertiary/aromatic N) is 3. The van der Waals surface area contributed by atoms with E-state index in [-0.39, 0.29) is 5.91 Å². The Morgan fingerprint density at radius 1 is 1.19 bits per heavy atom. The van der Waals surface area contributed by atoms with E-state index in [2.05, 4.69) is 26.8 Å². The minimum atomic E-state index is -0.157. The van der Waals surface area contributed by atoms with E-state index in [1.54, 1.807) is 11.3 Å². The summed E-state index contributed by atoms with van der Waals surface area (Å²) in [4.78, 5) is 23.7. The molecule has 1 N–H and O–H groups in total. The van der Waals surface area contributed by atoms with Crippen LogP contribution in [0.4, 0.5) is 5.95 Å². The zero-order chi connectivity index (χ0) is 18.1. The van der Waals surface area contributed by atoms with Crippen molar-refractivity contribution in [3.05, 3.63) is 52.3 Å². The first-order valence-electron chi connectivity index (χ1n) is 8.45. The normalized spacial score (nSPS) is 11.2. The van der Waals surface area contributed by atoms with Crippen molar-refractivity contribution < 1.29 is 4.79 Å². The first kappa shape index (κ1) is 16.9. The number of para-hydroxylation sites is 2. The lowest BCUT2D eigenvalue weighted by Crippen LogP contribution is -2.16. The van der Waals surface area contributed by atoms with Gasteiger partial charge in [-0.1, -0.05) is 25.1 Å². The third-order valence-electron chi connectivity index (χ3n) is 4.06. The Morgan fingerprint density at radius 3 is 2.81 bits per heavy atom. The molecule has 1 amide bonds. The van der Waals surface area contributed by atoms with Crippen LogP contribution in [0.15, 0.2) is 41.8 Å². The number of carbonyl (C=O) groups excluding carboxylic acids is 1. The smallest absolute Gasteiger partial charge is 0.269 e. The molecule has 0 aliphatic heterocycles. The molecule has 4 aromatic rings. The van der Waals surface area contributed by atoms with Crippen LogP contribution in [0.2, 0.25) is 0 Å². The SMILES string of the molecule is CCCn1c(NC(=O)c2sc(-c3cccs3)nc2C)nc2ccccc21. The summed E-state index contributed by atoms with van der Waals surface area (Å²) < 4.78 is 2.06. The third-order valence-corrected chi connectivity index (χ3v) is 6.26. The molecule has 0 fully saturated rings. The van der Waals surface area contributed by atoms with Gasteiger partial charge in [0.1, 0.15) is 9.88 Å². The number of anilines is 1. The van der Waals surface area contributed by atoms with E-state index >= 15 is 0 Å². The van der Waals surface area contributed by atoms with Crippen LogP contribution >= 0.6 is 22.7 Å². The number of nitrogens with one attached hydrogen (secondary N) is 1. The summed E-state index contributed by atoms with van der Waals surface area (Å²) in [5, 5.41) is 5.88. The number of fused-ring (bicyclic) bond motifs is 1. The molecule has 0 saturated carbocycles. The van der Waals surface area contributed by atoms with Crippen LogP contribution < -0.4 is 5.32 Å². The lowest BCUT2D eigenvalue weighted by atomic mass is 10.3. The van der Waals surface area contributed by atoms with Gasteiger partial charge in [0.2, 0.25) is 5.95 Å². The van der Waals surface area contributed by atoms with Crippen molar-refractivity contribution in [3.63, 3.8) is 0 Å². The molecule has 132 valence electrons. The maximum atomic E-state index is 12.9. The maximum absolute atomic E-state index is 12.9. The highest BCUT2D eigenvalue weighted by molar-refractivity contribution is 7.22. The van der Waals surface area contributed by atoms with Crippen molar-refractivity contribution in [2.75, 3.05) is 5.32 Å². The fraction of sp³-hybridized carbons (Fsp3) is 0.211. The van der Waals surface area contributed by atoms with Gasteiger partial charge in [-0.05, 0) is 36.9 Å². The van der Waals surface area contributed by atoms with Crippen molar-refractivity contribution in [1.29, 1.82) is 0 Å². The van der Waals surface area contributed by atoms with Gasteiger partial charge < -0.3 is 4.57 Å². The minimum Gasteiger partial charge on any atom is -0.310 e. The zero-order valence-electron chi connectivity index (χ0n) is 14.5. The molecule has 0 aliphatic rings. The molecule has 3 heterocycles. The van der Waals surface area contributed by atoms with Crippen molar-refractivity contribution in [3.8, 4) is 9.88 Å². The average Bonchev–Trinajstić information content (AvgIpc) is 3.35. The number of aryl methyl sites for hydroxylation is 2. The average molecular weight is 383 g/mol. The standard InChI is InChI=1S/C19H18N4OS2/c1-3-10-23-14-8-5-4-7-13(14)21-19(23)22-17(24)16-12(2)20-18(26-16)15-9-6-11-25-15/h4-9,11H,3,10H2,1-2H3,(H,21,22,24). The van der Waals surface area contributed by atoms with Gasteiger partial charge in [-0.2, -0.15) is 0 Å². The van der Waals surface area contributed by atoms with E-state index in [4.69, 9.17) is 0 Å². The number of rotatable bonds is 5. The van der Waals surface area contributed by atoms with E-state index in [1.807, 2.05) is 48.7 Å². The van der Waals surface area contributed by atoms with Crippen molar-refractivity contribution in [2.24, 2.45) is 0 Å². The summed E-state index contributed by atoms with van der Waals surface area (Å²) in [6, 6.07) is 11.9. The Kier molecular flexibility index (Phi) is 4.57. The number of thiazole rings is 1. The number of hydrogen-bond donors (Lipinski definition) is 1. The van der Waals surface area contributed by atoms with E-state index in [1.165, 1.54) is 11.3 Å². The minimum absolute atomic E-state index is 0.157. The highest BCUT2D eigenvalue weighted by Gasteiger charge is 2.19. The van der Waals surface area contributed by atoms with Gasteiger partial charge in [0.25, 0.3) is 5.91 Å². The molecule has 5 nitrogen and oxygen atoms in total. The van der Waals surface area contributed by atoms with E-state index < -0.39 is 0 Å². The van der Waals surface area contributed by atoms with Gasteiger partial charge in [0, 0.05) is 6.54 Å². The second-order valence-electron chi connectivity index (χ2n) is 5.94.